The third-order valence-electron chi connectivity index (χ3n) is 6.30. The fourth-order valence-corrected chi connectivity index (χ4v) is 4.87. The molecule has 1 amide bonds. The largest absolute Gasteiger partial charge is 0.389 e. The molecule has 1 aliphatic heterocycles. The maximum absolute atomic E-state index is 12.9. The van der Waals surface area contributed by atoms with Gasteiger partial charge in [0.05, 0.1) is 11.5 Å². The quantitative estimate of drug-likeness (QED) is 0.776. The molecule has 0 aromatic heterocycles. The van der Waals surface area contributed by atoms with Gasteiger partial charge in [0.2, 0.25) is 5.91 Å². The van der Waals surface area contributed by atoms with E-state index in [9.17, 15) is 9.90 Å². The van der Waals surface area contributed by atoms with Crippen LogP contribution in [0.2, 0.25) is 0 Å². The third kappa shape index (κ3) is 2.85. The zero-order chi connectivity index (χ0) is 15.0. The molecule has 0 spiro atoms. The van der Waals surface area contributed by atoms with Crippen molar-refractivity contribution in [3.63, 3.8) is 0 Å². The molecule has 5 atom stereocenters. The number of likely N-dealkylation sites (tertiary alicyclic amines) is 1. The summed E-state index contributed by atoms with van der Waals surface area (Å²) in [6.45, 7) is 3.62. The minimum absolute atomic E-state index is 0.00599. The number of nitrogens with zero attached hydrogens (tertiary/aromatic N) is 1. The van der Waals surface area contributed by atoms with Gasteiger partial charge in [0, 0.05) is 25.0 Å². The van der Waals surface area contributed by atoms with Crippen LogP contribution < -0.4 is 5.73 Å². The molecular formula is C17H30N2O2. The standard InChI is InChI=1S/C17H30N2O2/c1-12-5-4-7-14(18)15(12)16(20)19-10-9-17(21)8-3-2-6-13(17)11-19/h12-15,21H,2-11,18H2,1H3. The lowest BCUT2D eigenvalue weighted by Gasteiger charge is -2.48. The van der Waals surface area contributed by atoms with E-state index >= 15 is 0 Å². The Labute approximate surface area is 128 Å². The Balaban J connectivity index is 1.68. The topological polar surface area (TPSA) is 66.6 Å². The van der Waals surface area contributed by atoms with E-state index in [0.29, 0.717) is 12.5 Å². The van der Waals surface area contributed by atoms with E-state index in [1.54, 1.807) is 0 Å². The highest BCUT2D eigenvalue weighted by molar-refractivity contribution is 5.80. The number of nitrogens with two attached hydrogens (primary N) is 1. The fourth-order valence-electron chi connectivity index (χ4n) is 4.87. The monoisotopic (exact) mass is 294 g/mol. The normalized spacial score (nSPS) is 44.2. The molecule has 0 radical (unpaired) electrons. The van der Waals surface area contributed by atoms with E-state index in [4.69, 9.17) is 5.73 Å². The average molecular weight is 294 g/mol. The van der Waals surface area contributed by atoms with E-state index < -0.39 is 5.60 Å². The van der Waals surface area contributed by atoms with Gasteiger partial charge in [-0.2, -0.15) is 0 Å². The molecule has 3 rings (SSSR count). The number of fused-ring (bicyclic) bond motifs is 1. The second-order valence-corrected chi connectivity index (χ2v) is 7.68. The van der Waals surface area contributed by atoms with Gasteiger partial charge in [-0.3, -0.25) is 4.79 Å². The zero-order valence-electron chi connectivity index (χ0n) is 13.3. The van der Waals surface area contributed by atoms with Gasteiger partial charge in [0.1, 0.15) is 0 Å². The SMILES string of the molecule is CC1CCCC(N)C1C(=O)N1CCC2(O)CCCCC2C1. The second kappa shape index (κ2) is 5.88. The van der Waals surface area contributed by atoms with Crippen molar-refractivity contribution in [3.8, 4) is 0 Å². The average Bonchev–Trinajstić information content (AvgIpc) is 2.46. The van der Waals surface area contributed by atoms with E-state index in [2.05, 4.69) is 6.92 Å². The van der Waals surface area contributed by atoms with E-state index in [-0.39, 0.29) is 23.8 Å². The maximum atomic E-state index is 12.9. The predicted molar refractivity (Wildman–Crippen MR) is 82.6 cm³/mol. The summed E-state index contributed by atoms with van der Waals surface area (Å²) in [5, 5.41) is 10.7. The summed E-state index contributed by atoms with van der Waals surface area (Å²) < 4.78 is 0. The molecule has 5 unspecified atom stereocenters. The molecule has 1 heterocycles. The van der Waals surface area contributed by atoms with Crippen LogP contribution in [-0.4, -0.2) is 40.6 Å². The van der Waals surface area contributed by atoms with Gasteiger partial charge in [0.15, 0.2) is 0 Å². The number of aliphatic hydroxyl groups is 1. The molecule has 21 heavy (non-hydrogen) atoms. The van der Waals surface area contributed by atoms with Crippen molar-refractivity contribution in [1.82, 2.24) is 4.90 Å². The van der Waals surface area contributed by atoms with Crippen LogP contribution in [0.5, 0.6) is 0 Å². The molecule has 120 valence electrons. The second-order valence-electron chi connectivity index (χ2n) is 7.68. The van der Waals surface area contributed by atoms with Gasteiger partial charge < -0.3 is 15.7 Å². The minimum Gasteiger partial charge on any atom is -0.389 e. The number of carbonyl (C=O) groups is 1. The lowest BCUT2D eigenvalue weighted by Crippen LogP contribution is -2.57. The van der Waals surface area contributed by atoms with Gasteiger partial charge in [-0.1, -0.05) is 26.2 Å². The number of carbonyl (C=O) groups excluding carboxylic acids is 1. The molecule has 0 bridgehead atoms. The first-order valence-electron chi connectivity index (χ1n) is 8.78. The Hall–Kier alpha value is -0.610. The van der Waals surface area contributed by atoms with Crippen LogP contribution in [0.4, 0.5) is 0 Å². The molecule has 3 fully saturated rings. The molecule has 2 saturated carbocycles. The highest BCUT2D eigenvalue weighted by Gasteiger charge is 2.45. The summed E-state index contributed by atoms with van der Waals surface area (Å²) in [4.78, 5) is 14.9. The molecular weight excluding hydrogens is 264 g/mol. The van der Waals surface area contributed by atoms with Crippen LogP contribution in [0.1, 0.15) is 58.3 Å². The first-order chi connectivity index (χ1) is 10.0. The molecule has 4 nitrogen and oxygen atoms in total. The van der Waals surface area contributed by atoms with Crippen molar-refractivity contribution in [3.05, 3.63) is 0 Å². The van der Waals surface area contributed by atoms with Crippen LogP contribution in [0.25, 0.3) is 0 Å². The Kier molecular flexibility index (Phi) is 4.28. The Morgan fingerprint density at radius 2 is 2.00 bits per heavy atom. The van der Waals surface area contributed by atoms with Crippen molar-refractivity contribution in [1.29, 1.82) is 0 Å². The lowest BCUT2D eigenvalue weighted by molar-refractivity contribution is -0.150. The highest BCUT2D eigenvalue weighted by Crippen LogP contribution is 2.41. The van der Waals surface area contributed by atoms with Crippen molar-refractivity contribution < 1.29 is 9.90 Å². The van der Waals surface area contributed by atoms with Gasteiger partial charge in [0.25, 0.3) is 0 Å². The number of amides is 1. The summed E-state index contributed by atoms with van der Waals surface area (Å²) in [5.74, 6) is 0.920. The van der Waals surface area contributed by atoms with Gasteiger partial charge in [-0.15, -0.1) is 0 Å². The summed E-state index contributed by atoms with van der Waals surface area (Å²) in [7, 11) is 0. The van der Waals surface area contributed by atoms with Crippen molar-refractivity contribution in [2.24, 2.45) is 23.5 Å². The van der Waals surface area contributed by atoms with E-state index in [1.165, 1.54) is 6.42 Å². The molecule has 1 saturated heterocycles. The van der Waals surface area contributed by atoms with Gasteiger partial charge in [-0.05, 0) is 38.0 Å². The molecule has 0 aromatic rings. The first-order valence-corrected chi connectivity index (χ1v) is 8.78. The molecule has 0 aromatic carbocycles. The highest BCUT2D eigenvalue weighted by atomic mass is 16.3. The third-order valence-corrected chi connectivity index (χ3v) is 6.30. The predicted octanol–water partition coefficient (Wildman–Crippen LogP) is 1.90. The summed E-state index contributed by atoms with van der Waals surface area (Å²) in [5.41, 5.74) is 5.73. The smallest absolute Gasteiger partial charge is 0.227 e. The maximum Gasteiger partial charge on any atom is 0.227 e. The molecule has 3 aliphatic rings. The minimum atomic E-state index is -0.505. The zero-order valence-corrected chi connectivity index (χ0v) is 13.3. The number of piperidine rings is 1. The summed E-state index contributed by atoms with van der Waals surface area (Å²) in [6.07, 6.45) is 8.28. The first kappa shape index (κ1) is 15.3. The van der Waals surface area contributed by atoms with Crippen LogP contribution >= 0.6 is 0 Å². The van der Waals surface area contributed by atoms with Crippen LogP contribution in [0.3, 0.4) is 0 Å². The molecule has 3 N–H and O–H groups in total. The van der Waals surface area contributed by atoms with E-state index in [0.717, 1.165) is 51.5 Å². The van der Waals surface area contributed by atoms with Crippen molar-refractivity contribution in [2.75, 3.05) is 13.1 Å². The summed E-state index contributed by atoms with van der Waals surface area (Å²) >= 11 is 0. The number of hydrogen-bond donors (Lipinski definition) is 2. The van der Waals surface area contributed by atoms with E-state index in [1.807, 2.05) is 4.90 Å². The Morgan fingerprint density at radius 1 is 1.19 bits per heavy atom. The Bertz CT molecular complexity index is 390. The molecule has 2 aliphatic carbocycles. The Morgan fingerprint density at radius 3 is 2.76 bits per heavy atom. The van der Waals surface area contributed by atoms with Crippen LogP contribution in [-0.2, 0) is 4.79 Å². The van der Waals surface area contributed by atoms with Crippen molar-refractivity contribution >= 4 is 5.91 Å². The van der Waals surface area contributed by atoms with Crippen LogP contribution in [0, 0.1) is 17.8 Å². The fraction of sp³-hybridized carbons (Fsp3) is 0.941. The summed E-state index contributed by atoms with van der Waals surface area (Å²) in [6, 6.07) is 0.0217. The lowest BCUT2D eigenvalue weighted by atomic mass is 9.70. The molecule has 4 heteroatoms. The van der Waals surface area contributed by atoms with Crippen molar-refractivity contribution in [2.45, 2.75) is 69.9 Å². The number of rotatable bonds is 1. The van der Waals surface area contributed by atoms with Gasteiger partial charge >= 0.3 is 0 Å². The van der Waals surface area contributed by atoms with Gasteiger partial charge in [-0.25, -0.2) is 0 Å². The number of hydrogen-bond acceptors (Lipinski definition) is 3. The van der Waals surface area contributed by atoms with Crippen LogP contribution in [0.15, 0.2) is 0 Å².